The van der Waals surface area contributed by atoms with Gasteiger partial charge in [-0.3, -0.25) is 9.59 Å². The fourth-order valence-electron chi connectivity index (χ4n) is 2.20. The molecule has 0 aromatic heterocycles. The zero-order valence-electron chi connectivity index (χ0n) is 15.7. The summed E-state index contributed by atoms with van der Waals surface area (Å²) in [5, 5.41) is 11.2. The van der Waals surface area contributed by atoms with E-state index in [0.717, 1.165) is 5.56 Å². The average molecular weight is 335 g/mol. The molecule has 0 radical (unpaired) electrons. The third-order valence-corrected chi connectivity index (χ3v) is 3.76. The number of nitrogens with one attached hydrogen (secondary N) is 1. The molecule has 0 aliphatic carbocycles. The molecule has 0 bridgehead atoms. The fraction of sp³-hybridized carbons (Fsp3) is 0.579. The second-order valence-corrected chi connectivity index (χ2v) is 8.13. The lowest BCUT2D eigenvalue weighted by Gasteiger charge is -2.27. The molecule has 134 valence electrons. The van der Waals surface area contributed by atoms with E-state index in [1.54, 1.807) is 0 Å². The molecular formula is C19H29NO4. The molecule has 24 heavy (non-hydrogen) atoms. The first kappa shape index (κ1) is 20.0. The first-order chi connectivity index (χ1) is 10.8. The Hall–Kier alpha value is -2.04. The van der Waals surface area contributed by atoms with Gasteiger partial charge in [-0.25, -0.2) is 0 Å². The normalized spacial score (nSPS) is 13.3. The zero-order valence-corrected chi connectivity index (χ0v) is 15.7. The minimum absolute atomic E-state index is 0.0207. The monoisotopic (exact) mass is 335 g/mol. The minimum atomic E-state index is -1.08. The highest BCUT2D eigenvalue weighted by Gasteiger charge is 2.23. The summed E-state index contributed by atoms with van der Waals surface area (Å²) in [4.78, 5) is 22.6. The van der Waals surface area contributed by atoms with Crippen molar-refractivity contribution in [3.05, 3.63) is 29.3 Å². The Bertz CT molecular complexity index is 609. The average Bonchev–Trinajstić information content (AvgIpc) is 2.42. The molecule has 0 aliphatic rings. The Balaban J connectivity index is 2.96. The number of carbonyl (C=O) groups is 2. The van der Waals surface area contributed by atoms with Gasteiger partial charge in [0.2, 0.25) is 0 Å². The quantitative estimate of drug-likeness (QED) is 0.866. The number of hydrogen-bond donors (Lipinski definition) is 2. The molecule has 0 fully saturated rings. The van der Waals surface area contributed by atoms with E-state index in [2.05, 4.69) is 52.9 Å². The van der Waals surface area contributed by atoms with Crippen molar-refractivity contribution in [2.75, 3.05) is 6.61 Å². The van der Waals surface area contributed by atoms with Gasteiger partial charge in [0.25, 0.3) is 5.91 Å². The number of hydrogen-bond acceptors (Lipinski definition) is 3. The fourth-order valence-corrected chi connectivity index (χ4v) is 2.20. The molecule has 1 aromatic rings. The van der Waals surface area contributed by atoms with Crippen molar-refractivity contribution in [2.24, 2.45) is 0 Å². The summed E-state index contributed by atoms with van der Waals surface area (Å²) in [5.74, 6) is -0.883. The Morgan fingerprint density at radius 3 is 2.17 bits per heavy atom. The highest BCUT2D eigenvalue weighted by molar-refractivity contribution is 5.84. The predicted molar refractivity (Wildman–Crippen MR) is 94.6 cm³/mol. The second-order valence-electron chi connectivity index (χ2n) is 8.13. The van der Waals surface area contributed by atoms with E-state index in [1.165, 1.54) is 12.5 Å². The van der Waals surface area contributed by atoms with Gasteiger partial charge in [0.15, 0.2) is 6.61 Å². The summed E-state index contributed by atoms with van der Waals surface area (Å²) in [6.07, 6.45) is 0. The lowest BCUT2D eigenvalue weighted by atomic mass is 9.80. The van der Waals surface area contributed by atoms with Crippen LogP contribution in [0.3, 0.4) is 0 Å². The maximum atomic E-state index is 11.8. The van der Waals surface area contributed by atoms with Crippen LogP contribution in [0.1, 0.15) is 59.6 Å². The third-order valence-electron chi connectivity index (χ3n) is 3.76. The van der Waals surface area contributed by atoms with Gasteiger partial charge < -0.3 is 15.2 Å². The van der Waals surface area contributed by atoms with Crippen molar-refractivity contribution in [2.45, 2.75) is 65.3 Å². The van der Waals surface area contributed by atoms with Gasteiger partial charge in [-0.1, -0.05) is 53.7 Å². The highest BCUT2D eigenvalue weighted by atomic mass is 16.5. The number of benzene rings is 1. The summed E-state index contributed by atoms with van der Waals surface area (Å²) in [6, 6.07) is 5.07. The molecule has 0 saturated carbocycles. The van der Waals surface area contributed by atoms with Gasteiger partial charge in [0, 0.05) is 0 Å². The minimum Gasteiger partial charge on any atom is -0.483 e. The molecule has 2 N–H and O–H groups in total. The van der Waals surface area contributed by atoms with Crippen LogP contribution in [0, 0.1) is 0 Å². The largest absolute Gasteiger partial charge is 0.483 e. The molecule has 5 nitrogen and oxygen atoms in total. The number of carboxylic acid groups (broad SMARTS) is 1. The second kappa shape index (κ2) is 7.24. The third kappa shape index (κ3) is 5.55. The van der Waals surface area contributed by atoms with Crippen molar-refractivity contribution in [1.82, 2.24) is 5.32 Å². The SMILES string of the molecule is CC(NC(=O)COc1ccc(C(C)(C)C)cc1C(C)(C)C)C(=O)O. The Morgan fingerprint density at radius 1 is 1.12 bits per heavy atom. The predicted octanol–water partition coefficient (Wildman–Crippen LogP) is 3.25. The number of rotatable bonds is 5. The first-order valence-electron chi connectivity index (χ1n) is 8.12. The number of carboxylic acids is 1. The van der Waals surface area contributed by atoms with E-state index in [0.29, 0.717) is 5.75 Å². The van der Waals surface area contributed by atoms with Gasteiger partial charge in [-0.05, 0) is 34.9 Å². The van der Waals surface area contributed by atoms with E-state index < -0.39 is 17.9 Å². The number of carbonyl (C=O) groups excluding carboxylic acids is 1. The van der Waals surface area contributed by atoms with Crippen LogP contribution < -0.4 is 10.1 Å². The van der Waals surface area contributed by atoms with Gasteiger partial charge >= 0.3 is 5.97 Å². The van der Waals surface area contributed by atoms with E-state index >= 15 is 0 Å². The van der Waals surface area contributed by atoms with Crippen LogP contribution >= 0.6 is 0 Å². The molecule has 1 unspecified atom stereocenters. The Kier molecular flexibility index (Phi) is 6.04. The summed E-state index contributed by atoms with van der Waals surface area (Å²) in [5.41, 5.74) is 2.10. The van der Waals surface area contributed by atoms with Crippen LogP contribution in [0.2, 0.25) is 0 Å². The topological polar surface area (TPSA) is 75.6 Å². The van der Waals surface area contributed by atoms with Crippen molar-refractivity contribution < 1.29 is 19.4 Å². The Morgan fingerprint density at radius 2 is 1.71 bits per heavy atom. The molecule has 0 saturated heterocycles. The van der Waals surface area contributed by atoms with Gasteiger partial charge in [-0.2, -0.15) is 0 Å². The molecular weight excluding hydrogens is 306 g/mol. The standard InChI is InChI=1S/C19H29NO4/c1-12(17(22)23)20-16(21)11-24-15-9-8-13(18(2,3)4)10-14(15)19(5,6)7/h8-10,12H,11H2,1-7H3,(H,20,21)(H,22,23). The molecule has 0 aliphatic heterocycles. The maximum absolute atomic E-state index is 11.8. The number of ether oxygens (including phenoxy) is 1. The van der Waals surface area contributed by atoms with Crippen molar-refractivity contribution in [3.63, 3.8) is 0 Å². The van der Waals surface area contributed by atoms with Crippen LogP contribution in [0.25, 0.3) is 0 Å². The molecule has 1 amide bonds. The van der Waals surface area contributed by atoms with Crippen LogP contribution in [-0.2, 0) is 20.4 Å². The van der Waals surface area contributed by atoms with Gasteiger partial charge in [-0.15, -0.1) is 0 Å². The molecule has 1 rings (SSSR count). The van der Waals surface area contributed by atoms with E-state index in [-0.39, 0.29) is 17.4 Å². The Labute approximate surface area is 144 Å². The summed E-state index contributed by atoms with van der Waals surface area (Å²) in [7, 11) is 0. The summed E-state index contributed by atoms with van der Waals surface area (Å²) < 4.78 is 5.67. The maximum Gasteiger partial charge on any atom is 0.325 e. The summed E-state index contributed by atoms with van der Waals surface area (Å²) >= 11 is 0. The first-order valence-corrected chi connectivity index (χ1v) is 8.12. The smallest absolute Gasteiger partial charge is 0.325 e. The van der Waals surface area contributed by atoms with Crippen molar-refractivity contribution >= 4 is 11.9 Å². The molecule has 0 spiro atoms. The van der Waals surface area contributed by atoms with Crippen LogP contribution in [0.4, 0.5) is 0 Å². The van der Waals surface area contributed by atoms with Crippen LogP contribution in [0.5, 0.6) is 5.75 Å². The molecule has 1 atom stereocenters. The van der Waals surface area contributed by atoms with Gasteiger partial charge in [0.05, 0.1) is 0 Å². The van der Waals surface area contributed by atoms with E-state index in [1.807, 2.05) is 12.1 Å². The van der Waals surface area contributed by atoms with Crippen molar-refractivity contribution in [3.8, 4) is 5.75 Å². The highest BCUT2D eigenvalue weighted by Crippen LogP contribution is 2.35. The van der Waals surface area contributed by atoms with E-state index in [4.69, 9.17) is 9.84 Å². The number of aliphatic carboxylic acids is 1. The lowest BCUT2D eigenvalue weighted by Crippen LogP contribution is -2.40. The molecule has 1 aromatic carbocycles. The molecule has 0 heterocycles. The zero-order chi connectivity index (χ0) is 18.7. The van der Waals surface area contributed by atoms with Crippen LogP contribution in [0.15, 0.2) is 18.2 Å². The molecule has 5 heteroatoms. The van der Waals surface area contributed by atoms with Gasteiger partial charge in [0.1, 0.15) is 11.8 Å². The lowest BCUT2D eigenvalue weighted by molar-refractivity contribution is -0.141. The van der Waals surface area contributed by atoms with E-state index in [9.17, 15) is 9.59 Å². The van der Waals surface area contributed by atoms with Crippen LogP contribution in [-0.4, -0.2) is 29.6 Å². The number of amides is 1. The summed E-state index contributed by atoms with van der Waals surface area (Å²) in [6.45, 7) is 13.9. The van der Waals surface area contributed by atoms with Crippen molar-refractivity contribution in [1.29, 1.82) is 0 Å².